The highest BCUT2D eigenvalue weighted by Gasteiger charge is 2.19. The van der Waals surface area contributed by atoms with Crippen LogP contribution in [0.5, 0.6) is 5.75 Å². The normalized spacial score (nSPS) is 14.0. The molecule has 1 aliphatic heterocycles. The SMILES string of the molecule is COc1ccc(NC(=O)Cn2ncc3c(N4CCCC4)ncnc32)cc1. The molecule has 1 N–H and O–H groups in total. The summed E-state index contributed by atoms with van der Waals surface area (Å²) >= 11 is 0. The van der Waals surface area contributed by atoms with Crippen molar-refractivity contribution >= 4 is 28.4 Å². The third-order valence-electron chi connectivity index (χ3n) is 4.49. The van der Waals surface area contributed by atoms with Crippen molar-refractivity contribution < 1.29 is 9.53 Å². The van der Waals surface area contributed by atoms with Gasteiger partial charge in [-0.2, -0.15) is 5.10 Å². The Labute approximate surface area is 150 Å². The number of benzene rings is 1. The number of fused-ring (bicyclic) bond motifs is 1. The first kappa shape index (κ1) is 16.3. The summed E-state index contributed by atoms with van der Waals surface area (Å²) in [6.45, 7) is 2.08. The quantitative estimate of drug-likeness (QED) is 0.757. The van der Waals surface area contributed by atoms with E-state index in [0.717, 1.165) is 30.0 Å². The van der Waals surface area contributed by atoms with Gasteiger partial charge in [-0.15, -0.1) is 0 Å². The van der Waals surface area contributed by atoms with Crippen LogP contribution in [0, 0.1) is 0 Å². The van der Waals surface area contributed by atoms with Gasteiger partial charge in [-0.1, -0.05) is 0 Å². The lowest BCUT2D eigenvalue weighted by molar-refractivity contribution is -0.116. The summed E-state index contributed by atoms with van der Waals surface area (Å²) in [6, 6.07) is 7.19. The van der Waals surface area contributed by atoms with Crippen molar-refractivity contribution in [2.45, 2.75) is 19.4 Å². The summed E-state index contributed by atoms with van der Waals surface area (Å²) in [5, 5.41) is 8.08. The van der Waals surface area contributed by atoms with Crippen LogP contribution in [0.25, 0.3) is 11.0 Å². The number of nitrogens with zero attached hydrogens (tertiary/aromatic N) is 5. The van der Waals surface area contributed by atoms with Gasteiger partial charge < -0.3 is 15.0 Å². The molecule has 0 bridgehead atoms. The summed E-state index contributed by atoms with van der Waals surface area (Å²) in [7, 11) is 1.61. The van der Waals surface area contributed by atoms with Gasteiger partial charge in [-0.25, -0.2) is 14.6 Å². The van der Waals surface area contributed by atoms with Crippen molar-refractivity contribution in [1.82, 2.24) is 19.7 Å². The molecule has 0 atom stereocenters. The highest BCUT2D eigenvalue weighted by Crippen LogP contribution is 2.25. The Balaban J connectivity index is 1.51. The number of amides is 1. The van der Waals surface area contributed by atoms with E-state index in [4.69, 9.17) is 4.74 Å². The average Bonchev–Trinajstić information content (AvgIpc) is 3.33. The molecule has 1 fully saturated rings. The van der Waals surface area contributed by atoms with Crippen LogP contribution in [-0.4, -0.2) is 45.9 Å². The van der Waals surface area contributed by atoms with Crippen molar-refractivity contribution in [1.29, 1.82) is 0 Å². The predicted octanol–water partition coefficient (Wildman–Crippen LogP) is 2.07. The maximum absolute atomic E-state index is 12.4. The number of anilines is 2. The summed E-state index contributed by atoms with van der Waals surface area (Å²) in [5.41, 5.74) is 1.38. The maximum Gasteiger partial charge on any atom is 0.246 e. The number of nitrogens with one attached hydrogen (secondary N) is 1. The van der Waals surface area contributed by atoms with Gasteiger partial charge in [0.15, 0.2) is 5.65 Å². The Kier molecular flexibility index (Phi) is 4.39. The molecule has 8 nitrogen and oxygen atoms in total. The van der Waals surface area contributed by atoms with Gasteiger partial charge in [0.2, 0.25) is 5.91 Å². The maximum atomic E-state index is 12.4. The van der Waals surface area contributed by atoms with Gasteiger partial charge >= 0.3 is 0 Å². The number of carbonyl (C=O) groups is 1. The molecule has 134 valence electrons. The third-order valence-corrected chi connectivity index (χ3v) is 4.49. The largest absolute Gasteiger partial charge is 0.497 e. The number of hydrogen-bond acceptors (Lipinski definition) is 6. The molecule has 1 aliphatic rings. The molecule has 3 aromatic rings. The predicted molar refractivity (Wildman–Crippen MR) is 98.4 cm³/mol. The highest BCUT2D eigenvalue weighted by molar-refractivity contribution is 5.92. The Hall–Kier alpha value is -3.16. The number of ether oxygens (including phenoxy) is 1. The Morgan fingerprint density at radius 1 is 1.19 bits per heavy atom. The van der Waals surface area contributed by atoms with Gasteiger partial charge in [0.1, 0.15) is 24.4 Å². The number of carbonyl (C=O) groups excluding carboxylic acids is 1. The van der Waals surface area contributed by atoms with E-state index in [1.807, 2.05) is 0 Å². The smallest absolute Gasteiger partial charge is 0.246 e. The molecule has 4 rings (SSSR count). The molecule has 0 unspecified atom stereocenters. The first-order valence-corrected chi connectivity index (χ1v) is 8.60. The zero-order chi connectivity index (χ0) is 17.9. The fourth-order valence-electron chi connectivity index (χ4n) is 3.19. The minimum atomic E-state index is -0.165. The summed E-state index contributed by atoms with van der Waals surface area (Å²) in [5.74, 6) is 1.48. The van der Waals surface area contributed by atoms with E-state index in [-0.39, 0.29) is 12.5 Å². The number of hydrogen-bond donors (Lipinski definition) is 1. The molecule has 1 aromatic carbocycles. The first-order valence-electron chi connectivity index (χ1n) is 8.60. The van der Waals surface area contributed by atoms with E-state index in [0.29, 0.717) is 11.3 Å². The highest BCUT2D eigenvalue weighted by atomic mass is 16.5. The van der Waals surface area contributed by atoms with E-state index in [9.17, 15) is 4.79 Å². The molecule has 0 spiro atoms. The second kappa shape index (κ2) is 6.99. The summed E-state index contributed by atoms with van der Waals surface area (Å²) < 4.78 is 6.72. The van der Waals surface area contributed by atoms with Crippen LogP contribution in [-0.2, 0) is 11.3 Å². The summed E-state index contributed by atoms with van der Waals surface area (Å²) in [6.07, 6.45) is 5.62. The number of methoxy groups -OCH3 is 1. The average molecular weight is 352 g/mol. The Morgan fingerprint density at radius 2 is 1.96 bits per heavy atom. The minimum Gasteiger partial charge on any atom is -0.497 e. The summed E-state index contributed by atoms with van der Waals surface area (Å²) in [4.78, 5) is 23.3. The molecule has 1 saturated heterocycles. The van der Waals surface area contributed by atoms with Crippen molar-refractivity contribution in [2.75, 3.05) is 30.4 Å². The van der Waals surface area contributed by atoms with Crippen LogP contribution in [0.3, 0.4) is 0 Å². The fourth-order valence-corrected chi connectivity index (χ4v) is 3.19. The van der Waals surface area contributed by atoms with Crippen molar-refractivity contribution in [3.8, 4) is 5.75 Å². The standard InChI is InChI=1S/C18H20N6O2/c1-26-14-6-4-13(5-7-14)22-16(25)11-24-18-15(10-21-24)17(19-12-20-18)23-8-2-3-9-23/h4-7,10,12H,2-3,8-9,11H2,1H3,(H,22,25). The molecular formula is C18H20N6O2. The van der Waals surface area contributed by atoms with Crippen LogP contribution >= 0.6 is 0 Å². The van der Waals surface area contributed by atoms with E-state index in [1.165, 1.54) is 19.2 Å². The van der Waals surface area contributed by atoms with Crippen molar-refractivity contribution in [3.63, 3.8) is 0 Å². The first-order chi connectivity index (χ1) is 12.7. The van der Waals surface area contributed by atoms with Crippen LogP contribution < -0.4 is 15.0 Å². The van der Waals surface area contributed by atoms with Gasteiger partial charge in [0.05, 0.1) is 18.7 Å². The second-order valence-electron chi connectivity index (χ2n) is 6.21. The molecule has 2 aromatic heterocycles. The number of rotatable bonds is 5. The molecular weight excluding hydrogens is 332 g/mol. The van der Waals surface area contributed by atoms with E-state index in [2.05, 4.69) is 25.3 Å². The van der Waals surface area contributed by atoms with Crippen LogP contribution in [0.4, 0.5) is 11.5 Å². The lowest BCUT2D eigenvalue weighted by atomic mass is 10.3. The van der Waals surface area contributed by atoms with Gasteiger partial charge in [0.25, 0.3) is 0 Å². The zero-order valence-corrected chi connectivity index (χ0v) is 14.6. The van der Waals surface area contributed by atoms with Crippen LogP contribution in [0.2, 0.25) is 0 Å². The van der Waals surface area contributed by atoms with Crippen molar-refractivity contribution in [2.24, 2.45) is 0 Å². The molecule has 0 radical (unpaired) electrons. The third kappa shape index (κ3) is 3.17. The lowest BCUT2D eigenvalue weighted by Crippen LogP contribution is -2.20. The Morgan fingerprint density at radius 3 is 2.69 bits per heavy atom. The van der Waals surface area contributed by atoms with Gasteiger partial charge in [0, 0.05) is 18.8 Å². The number of aromatic nitrogens is 4. The van der Waals surface area contributed by atoms with Crippen LogP contribution in [0.15, 0.2) is 36.8 Å². The lowest BCUT2D eigenvalue weighted by Gasteiger charge is -2.16. The van der Waals surface area contributed by atoms with Gasteiger partial charge in [-0.3, -0.25) is 4.79 Å². The monoisotopic (exact) mass is 352 g/mol. The van der Waals surface area contributed by atoms with E-state index in [1.54, 1.807) is 42.3 Å². The molecule has 3 heterocycles. The molecule has 26 heavy (non-hydrogen) atoms. The Bertz CT molecular complexity index is 915. The van der Waals surface area contributed by atoms with Gasteiger partial charge in [-0.05, 0) is 37.1 Å². The van der Waals surface area contributed by atoms with E-state index < -0.39 is 0 Å². The minimum absolute atomic E-state index is 0.0893. The zero-order valence-electron chi connectivity index (χ0n) is 14.6. The topological polar surface area (TPSA) is 85.2 Å². The van der Waals surface area contributed by atoms with E-state index >= 15 is 0 Å². The second-order valence-corrected chi connectivity index (χ2v) is 6.21. The molecule has 8 heteroatoms. The molecule has 0 saturated carbocycles. The fraction of sp³-hybridized carbons (Fsp3) is 0.333. The van der Waals surface area contributed by atoms with Crippen LogP contribution in [0.1, 0.15) is 12.8 Å². The van der Waals surface area contributed by atoms with Crippen molar-refractivity contribution in [3.05, 3.63) is 36.8 Å². The molecule has 0 aliphatic carbocycles. The molecule has 1 amide bonds.